The minimum atomic E-state index is -3.44. The van der Waals surface area contributed by atoms with Crippen molar-refractivity contribution in [2.45, 2.75) is 24.8 Å². The van der Waals surface area contributed by atoms with E-state index in [0.717, 1.165) is 10.2 Å². The zero-order valence-corrected chi connectivity index (χ0v) is 16.2. The van der Waals surface area contributed by atoms with Gasteiger partial charge in [-0.15, -0.1) is 0 Å². The number of halogens is 1. The molecule has 0 N–H and O–H groups in total. The lowest BCUT2D eigenvalue weighted by molar-refractivity contribution is 0.342. The van der Waals surface area contributed by atoms with Crippen LogP contribution in [-0.4, -0.2) is 38.4 Å². The van der Waals surface area contributed by atoms with Crippen LogP contribution in [0, 0.1) is 6.92 Å². The summed E-state index contributed by atoms with van der Waals surface area (Å²) in [6, 6.07) is 15.3. The molecule has 6 heteroatoms. The average Bonchev–Trinajstić information content (AvgIpc) is 2.55. The van der Waals surface area contributed by atoms with Crippen molar-refractivity contribution in [1.82, 2.24) is 4.31 Å². The van der Waals surface area contributed by atoms with Crippen LogP contribution in [0.5, 0.6) is 0 Å². The van der Waals surface area contributed by atoms with Crippen molar-refractivity contribution >= 4 is 31.6 Å². The van der Waals surface area contributed by atoms with Gasteiger partial charge in [0.25, 0.3) is 0 Å². The molecule has 0 aromatic heterocycles. The van der Waals surface area contributed by atoms with Crippen LogP contribution in [0.4, 0.5) is 5.69 Å². The molecule has 1 aliphatic rings. The SMILES string of the molecule is Cc1cccc(N2CCN(S(=O)(=O)c3ccc(Br)cc3)CC2C)c1. The van der Waals surface area contributed by atoms with Gasteiger partial charge in [-0.05, 0) is 55.8 Å². The third-order valence-corrected chi connectivity index (χ3v) is 6.78. The summed E-state index contributed by atoms with van der Waals surface area (Å²) in [5, 5.41) is 0. The maximum absolute atomic E-state index is 12.8. The first kappa shape index (κ1) is 17.5. The highest BCUT2D eigenvalue weighted by Gasteiger charge is 2.32. The van der Waals surface area contributed by atoms with E-state index in [2.05, 4.69) is 52.9 Å². The van der Waals surface area contributed by atoms with Crippen LogP contribution in [0.25, 0.3) is 0 Å². The smallest absolute Gasteiger partial charge is 0.243 e. The van der Waals surface area contributed by atoms with Gasteiger partial charge in [0.15, 0.2) is 0 Å². The second kappa shape index (κ2) is 6.86. The van der Waals surface area contributed by atoms with Crippen molar-refractivity contribution in [1.29, 1.82) is 0 Å². The number of benzene rings is 2. The quantitative estimate of drug-likeness (QED) is 0.777. The maximum Gasteiger partial charge on any atom is 0.243 e. The Labute approximate surface area is 152 Å². The van der Waals surface area contributed by atoms with E-state index < -0.39 is 10.0 Å². The number of sulfonamides is 1. The van der Waals surface area contributed by atoms with Crippen LogP contribution in [0.2, 0.25) is 0 Å². The lowest BCUT2D eigenvalue weighted by Gasteiger charge is -2.40. The maximum atomic E-state index is 12.8. The molecule has 0 amide bonds. The molecule has 1 unspecified atom stereocenters. The van der Waals surface area contributed by atoms with E-state index in [1.54, 1.807) is 28.6 Å². The van der Waals surface area contributed by atoms with Crippen molar-refractivity contribution in [2.24, 2.45) is 0 Å². The number of nitrogens with zero attached hydrogens (tertiary/aromatic N) is 2. The van der Waals surface area contributed by atoms with Crippen LogP contribution in [0.15, 0.2) is 57.9 Å². The van der Waals surface area contributed by atoms with E-state index in [1.807, 2.05) is 6.07 Å². The summed E-state index contributed by atoms with van der Waals surface area (Å²) in [6.45, 7) is 5.83. The van der Waals surface area contributed by atoms with Crippen LogP contribution >= 0.6 is 15.9 Å². The molecule has 1 aliphatic heterocycles. The normalized spacial score (nSPS) is 19.5. The van der Waals surface area contributed by atoms with Gasteiger partial charge in [-0.2, -0.15) is 4.31 Å². The molecular weight excluding hydrogens is 388 g/mol. The fourth-order valence-corrected chi connectivity index (χ4v) is 4.86. The fourth-order valence-electron chi connectivity index (χ4n) is 3.09. The van der Waals surface area contributed by atoms with Crippen LogP contribution in [0.3, 0.4) is 0 Å². The predicted molar refractivity (Wildman–Crippen MR) is 101 cm³/mol. The molecule has 1 atom stereocenters. The van der Waals surface area contributed by atoms with Crippen molar-refractivity contribution in [3.05, 3.63) is 58.6 Å². The van der Waals surface area contributed by atoms with E-state index in [1.165, 1.54) is 5.56 Å². The molecule has 0 aliphatic carbocycles. The lowest BCUT2D eigenvalue weighted by Crippen LogP contribution is -2.53. The highest BCUT2D eigenvalue weighted by Crippen LogP contribution is 2.25. The monoisotopic (exact) mass is 408 g/mol. The van der Waals surface area contributed by atoms with Crippen molar-refractivity contribution < 1.29 is 8.42 Å². The molecule has 4 nitrogen and oxygen atoms in total. The molecule has 128 valence electrons. The molecule has 2 aromatic carbocycles. The summed E-state index contributed by atoms with van der Waals surface area (Å²) < 4.78 is 28.1. The second-order valence-electron chi connectivity index (χ2n) is 6.20. The average molecular weight is 409 g/mol. The van der Waals surface area contributed by atoms with E-state index in [9.17, 15) is 8.42 Å². The van der Waals surface area contributed by atoms with Gasteiger partial charge in [0, 0.05) is 35.8 Å². The summed E-state index contributed by atoms with van der Waals surface area (Å²) in [5.41, 5.74) is 2.37. The number of hydrogen-bond acceptors (Lipinski definition) is 3. The Morgan fingerprint density at radius 1 is 1.08 bits per heavy atom. The molecule has 24 heavy (non-hydrogen) atoms. The minimum Gasteiger partial charge on any atom is -0.366 e. The molecule has 2 aromatic rings. The first-order chi connectivity index (χ1) is 11.4. The number of hydrogen-bond donors (Lipinski definition) is 0. The second-order valence-corrected chi connectivity index (χ2v) is 9.05. The summed E-state index contributed by atoms with van der Waals surface area (Å²) >= 11 is 3.34. The van der Waals surface area contributed by atoms with Gasteiger partial charge in [0.1, 0.15) is 0 Å². The molecule has 1 heterocycles. The van der Waals surface area contributed by atoms with Crippen molar-refractivity contribution in [2.75, 3.05) is 24.5 Å². The van der Waals surface area contributed by atoms with Gasteiger partial charge >= 0.3 is 0 Å². The summed E-state index contributed by atoms with van der Waals surface area (Å²) in [6.07, 6.45) is 0. The van der Waals surface area contributed by atoms with Gasteiger partial charge in [0.05, 0.1) is 4.90 Å². The minimum absolute atomic E-state index is 0.130. The largest absolute Gasteiger partial charge is 0.366 e. The Morgan fingerprint density at radius 2 is 1.79 bits per heavy atom. The van der Waals surface area contributed by atoms with E-state index in [-0.39, 0.29) is 6.04 Å². The van der Waals surface area contributed by atoms with Gasteiger partial charge in [-0.3, -0.25) is 0 Å². The summed E-state index contributed by atoms with van der Waals surface area (Å²) in [4.78, 5) is 2.63. The lowest BCUT2D eigenvalue weighted by atomic mass is 10.1. The zero-order chi connectivity index (χ0) is 17.3. The zero-order valence-electron chi connectivity index (χ0n) is 13.8. The standard InChI is InChI=1S/C18H21BrN2O2S/c1-14-4-3-5-17(12-14)21-11-10-20(13-15(21)2)24(22,23)18-8-6-16(19)7-9-18/h3-9,12,15H,10-11,13H2,1-2H3. The highest BCUT2D eigenvalue weighted by molar-refractivity contribution is 9.10. The van der Waals surface area contributed by atoms with Crippen LogP contribution in [-0.2, 0) is 10.0 Å². The molecule has 0 saturated carbocycles. The Morgan fingerprint density at radius 3 is 2.42 bits per heavy atom. The topological polar surface area (TPSA) is 40.6 Å². The molecule has 0 bridgehead atoms. The fraction of sp³-hybridized carbons (Fsp3) is 0.333. The summed E-state index contributed by atoms with van der Waals surface area (Å²) in [5.74, 6) is 0. The number of anilines is 1. The number of rotatable bonds is 3. The van der Waals surface area contributed by atoms with Gasteiger partial charge in [-0.25, -0.2) is 8.42 Å². The van der Waals surface area contributed by atoms with Crippen LogP contribution in [0.1, 0.15) is 12.5 Å². The molecular formula is C18H21BrN2O2S. The van der Waals surface area contributed by atoms with Gasteiger partial charge in [0.2, 0.25) is 10.0 Å². The van der Waals surface area contributed by atoms with Crippen molar-refractivity contribution in [3.63, 3.8) is 0 Å². The number of aryl methyl sites for hydroxylation is 1. The molecule has 0 radical (unpaired) electrons. The molecule has 1 fully saturated rings. The van der Waals surface area contributed by atoms with E-state index in [4.69, 9.17) is 0 Å². The molecule has 0 spiro atoms. The third-order valence-electron chi connectivity index (χ3n) is 4.37. The van der Waals surface area contributed by atoms with Gasteiger partial charge in [-0.1, -0.05) is 28.1 Å². The van der Waals surface area contributed by atoms with Crippen LogP contribution < -0.4 is 4.90 Å². The highest BCUT2D eigenvalue weighted by atomic mass is 79.9. The Hall–Kier alpha value is -1.37. The first-order valence-electron chi connectivity index (χ1n) is 7.97. The van der Waals surface area contributed by atoms with Crippen molar-refractivity contribution in [3.8, 4) is 0 Å². The molecule has 1 saturated heterocycles. The van der Waals surface area contributed by atoms with Gasteiger partial charge < -0.3 is 4.90 Å². The van der Waals surface area contributed by atoms with E-state index in [0.29, 0.717) is 24.5 Å². The summed E-state index contributed by atoms with van der Waals surface area (Å²) in [7, 11) is -3.44. The third kappa shape index (κ3) is 3.50. The van der Waals surface area contributed by atoms with E-state index >= 15 is 0 Å². The Balaban J connectivity index is 1.79. The number of piperazine rings is 1. The first-order valence-corrected chi connectivity index (χ1v) is 10.2. The molecule has 3 rings (SSSR count). The Kier molecular flexibility index (Phi) is 4.99. The predicted octanol–water partition coefficient (Wildman–Crippen LogP) is 3.66. The Bertz CT molecular complexity index is 821.